The van der Waals surface area contributed by atoms with Crippen LogP contribution in [-0.4, -0.2) is 44.5 Å². The lowest BCUT2D eigenvalue weighted by molar-refractivity contribution is -0.151. The third-order valence-corrected chi connectivity index (χ3v) is 4.15. The van der Waals surface area contributed by atoms with Crippen LogP contribution >= 0.6 is 0 Å². The van der Waals surface area contributed by atoms with Crippen LogP contribution in [0, 0.1) is 5.92 Å². The number of esters is 1. The summed E-state index contributed by atoms with van der Waals surface area (Å²) in [6, 6.07) is 0. The first-order valence-electron chi connectivity index (χ1n) is 8.26. The van der Waals surface area contributed by atoms with Crippen molar-refractivity contribution in [3.8, 4) is 0 Å². The number of hydrogen-bond donors (Lipinski definition) is 1. The van der Waals surface area contributed by atoms with Crippen molar-refractivity contribution in [2.24, 2.45) is 11.7 Å². The van der Waals surface area contributed by atoms with E-state index in [1.165, 1.54) is 0 Å². The molecule has 1 aliphatic rings. The molecule has 124 valence electrons. The van der Waals surface area contributed by atoms with Crippen molar-refractivity contribution in [2.75, 3.05) is 33.0 Å². The first-order valence-corrected chi connectivity index (χ1v) is 8.26. The molecule has 21 heavy (non-hydrogen) atoms. The predicted octanol–water partition coefficient (Wildman–Crippen LogP) is 2.27. The summed E-state index contributed by atoms with van der Waals surface area (Å²) in [6.45, 7) is 7.01. The van der Waals surface area contributed by atoms with E-state index in [0.717, 1.165) is 45.1 Å². The molecule has 1 aliphatic carbocycles. The van der Waals surface area contributed by atoms with E-state index in [1.807, 2.05) is 6.92 Å². The van der Waals surface area contributed by atoms with E-state index >= 15 is 0 Å². The third-order valence-electron chi connectivity index (χ3n) is 4.15. The molecule has 0 aliphatic heterocycles. The van der Waals surface area contributed by atoms with Gasteiger partial charge in [-0.2, -0.15) is 0 Å². The molecule has 1 saturated carbocycles. The number of unbranched alkanes of at least 4 members (excludes halogenated alkanes) is 1. The summed E-state index contributed by atoms with van der Waals surface area (Å²) in [5.41, 5.74) is 5.47. The lowest BCUT2D eigenvalue weighted by Gasteiger charge is -2.28. The molecule has 0 saturated heterocycles. The molecule has 5 nitrogen and oxygen atoms in total. The quantitative estimate of drug-likeness (QED) is 0.468. The van der Waals surface area contributed by atoms with Gasteiger partial charge in [-0.25, -0.2) is 0 Å². The maximum Gasteiger partial charge on any atom is 0.326 e. The van der Waals surface area contributed by atoms with Crippen LogP contribution < -0.4 is 5.73 Å². The Hall–Kier alpha value is -0.650. The summed E-state index contributed by atoms with van der Waals surface area (Å²) >= 11 is 0. The molecule has 0 aromatic heterocycles. The number of rotatable bonds is 11. The van der Waals surface area contributed by atoms with E-state index < -0.39 is 5.54 Å². The van der Waals surface area contributed by atoms with Gasteiger partial charge in [0.1, 0.15) is 5.54 Å². The fraction of sp³-hybridized carbons (Fsp3) is 0.938. The monoisotopic (exact) mass is 301 g/mol. The van der Waals surface area contributed by atoms with E-state index in [9.17, 15) is 4.79 Å². The van der Waals surface area contributed by atoms with E-state index in [4.69, 9.17) is 19.9 Å². The van der Waals surface area contributed by atoms with Crippen molar-refractivity contribution in [1.29, 1.82) is 0 Å². The van der Waals surface area contributed by atoms with Gasteiger partial charge < -0.3 is 19.9 Å². The Morgan fingerprint density at radius 2 is 1.90 bits per heavy atom. The van der Waals surface area contributed by atoms with E-state index in [1.54, 1.807) is 0 Å². The second-order valence-corrected chi connectivity index (χ2v) is 5.72. The number of hydrogen-bond acceptors (Lipinski definition) is 5. The van der Waals surface area contributed by atoms with E-state index in [0.29, 0.717) is 26.4 Å². The molecule has 0 aromatic carbocycles. The lowest BCUT2D eigenvalue weighted by Crippen LogP contribution is -2.52. The molecule has 0 heterocycles. The maximum atomic E-state index is 12.0. The molecule has 1 fully saturated rings. The highest BCUT2D eigenvalue weighted by Gasteiger charge is 2.46. The minimum atomic E-state index is -0.809. The van der Waals surface area contributed by atoms with Crippen molar-refractivity contribution in [2.45, 2.75) is 57.9 Å². The van der Waals surface area contributed by atoms with Crippen molar-refractivity contribution < 1.29 is 19.0 Å². The summed E-state index contributed by atoms with van der Waals surface area (Å²) in [7, 11) is 0. The molecule has 5 heteroatoms. The summed E-state index contributed by atoms with van der Waals surface area (Å²) in [5, 5.41) is 0. The lowest BCUT2D eigenvalue weighted by atomic mass is 9.86. The van der Waals surface area contributed by atoms with Crippen molar-refractivity contribution in [3.05, 3.63) is 0 Å². The van der Waals surface area contributed by atoms with Crippen molar-refractivity contribution in [3.63, 3.8) is 0 Å². The van der Waals surface area contributed by atoms with Crippen LogP contribution in [-0.2, 0) is 19.0 Å². The number of nitrogens with two attached hydrogens (primary N) is 1. The number of carbonyl (C=O) groups excluding carboxylic acids is 1. The highest BCUT2D eigenvalue weighted by molar-refractivity contribution is 5.81. The standard InChI is InChI=1S/C16H31NO4/c1-3-5-10-19-12-13-20-11-8-14-7-6-9-16(14,17)15(18)21-4-2/h14H,3-13,17H2,1-2H3. The average Bonchev–Trinajstić information content (AvgIpc) is 2.85. The molecule has 2 unspecified atom stereocenters. The van der Waals surface area contributed by atoms with Crippen LogP contribution in [0.25, 0.3) is 0 Å². The molecular weight excluding hydrogens is 270 g/mol. The Morgan fingerprint density at radius 3 is 2.57 bits per heavy atom. The molecule has 0 bridgehead atoms. The highest BCUT2D eigenvalue weighted by Crippen LogP contribution is 2.36. The minimum Gasteiger partial charge on any atom is -0.465 e. The molecule has 0 spiro atoms. The van der Waals surface area contributed by atoms with Crippen molar-refractivity contribution >= 4 is 5.97 Å². The van der Waals surface area contributed by atoms with Gasteiger partial charge in [-0.1, -0.05) is 19.8 Å². The van der Waals surface area contributed by atoms with Gasteiger partial charge >= 0.3 is 5.97 Å². The SMILES string of the molecule is CCCCOCCOCCC1CCCC1(N)C(=O)OCC. The van der Waals surface area contributed by atoms with Crippen LogP contribution in [0.5, 0.6) is 0 Å². The predicted molar refractivity (Wildman–Crippen MR) is 82.1 cm³/mol. The first kappa shape index (κ1) is 18.4. The fourth-order valence-corrected chi connectivity index (χ4v) is 2.83. The summed E-state index contributed by atoms with van der Waals surface area (Å²) < 4.78 is 16.1. The Balaban J connectivity index is 2.17. The van der Waals surface area contributed by atoms with E-state index in [-0.39, 0.29) is 11.9 Å². The number of carbonyl (C=O) groups is 1. The van der Waals surface area contributed by atoms with Crippen LogP contribution in [0.3, 0.4) is 0 Å². The highest BCUT2D eigenvalue weighted by atomic mass is 16.5. The minimum absolute atomic E-state index is 0.164. The normalized spacial score (nSPS) is 25.2. The largest absolute Gasteiger partial charge is 0.465 e. The average molecular weight is 301 g/mol. The summed E-state index contributed by atoms with van der Waals surface area (Å²) in [5.74, 6) is -0.0899. The maximum absolute atomic E-state index is 12.0. The zero-order valence-electron chi connectivity index (χ0n) is 13.6. The van der Waals surface area contributed by atoms with E-state index in [2.05, 4.69) is 6.92 Å². The fourth-order valence-electron chi connectivity index (χ4n) is 2.83. The number of ether oxygens (including phenoxy) is 3. The van der Waals surface area contributed by atoms with Gasteiger partial charge in [-0.05, 0) is 38.5 Å². The zero-order chi connectivity index (χ0) is 15.6. The Morgan fingerprint density at radius 1 is 1.19 bits per heavy atom. The zero-order valence-corrected chi connectivity index (χ0v) is 13.6. The molecule has 1 rings (SSSR count). The molecule has 0 radical (unpaired) electrons. The van der Waals surface area contributed by atoms with Crippen LogP contribution in [0.2, 0.25) is 0 Å². The Bertz CT molecular complexity index is 298. The van der Waals surface area contributed by atoms with Gasteiger partial charge in [0.25, 0.3) is 0 Å². The molecule has 2 atom stereocenters. The van der Waals surface area contributed by atoms with Crippen LogP contribution in [0.15, 0.2) is 0 Å². The van der Waals surface area contributed by atoms with Crippen LogP contribution in [0.1, 0.15) is 52.4 Å². The van der Waals surface area contributed by atoms with Gasteiger partial charge in [0.15, 0.2) is 0 Å². The third kappa shape index (κ3) is 5.93. The molecule has 0 amide bonds. The topological polar surface area (TPSA) is 70.8 Å². The Kier molecular flexibility index (Phi) is 8.88. The molecular formula is C16H31NO4. The molecule has 2 N–H and O–H groups in total. The van der Waals surface area contributed by atoms with Gasteiger partial charge in [0.05, 0.1) is 19.8 Å². The van der Waals surface area contributed by atoms with Gasteiger partial charge in [-0.3, -0.25) is 4.79 Å². The summed E-state index contributed by atoms with van der Waals surface area (Å²) in [4.78, 5) is 12.0. The van der Waals surface area contributed by atoms with Crippen LogP contribution in [0.4, 0.5) is 0 Å². The molecule has 0 aromatic rings. The van der Waals surface area contributed by atoms with Gasteiger partial charge in [0, 0.05) is 13.2 Å². The Labute approximate surface area is 128 Å². The van der Waals surface area contributed by atoms with Gasteiger partial charge in [0.2, 0.25) is 0 Å². The smallest absolute Gasteiger partial charge is 0.326 e. The first-order chi connectivity index (χ1) is 10.1. The van der Waals surface area contributed by atoms with Gasteiger partial charge in [-0.15, -0.1) is 0 Å². The summed E-state index contributed by atoms with van der Waals surface area (Å²) in [6.07, 6.45) is 5.74. The second kappa shape index (κ2) is 10.1. The second-order valence-electron chi connectivity index (χ2n) is 5.72. The van der Waals surface area contributed by atoms with Crippen molar-refractivity contribution in [1.82, 2.24) is 0 Å².